The van der Waals surface area contributed by atoms with Crippen LogP contribution in [0, 0.1) is 5.41 Å². The molecule has 3 rings (SSSR count). The number of aliphatic hydroxyl groups excluding tert-OH is 1. The largest absolute Gasteiger partial charge is 0.384 e. The SMILES string of the molecule is CCCN(C(=O)CC(O)C(=O)Nc1ccc(C(=N)N)cc1)c1ccc(N2CCOCC2=O)cc1. The second-order valence-electron chi connectivity index (χ2n) is 7.86. The van der Waals surface area contributed by atoms with Gasteiger partial charge in [0.2, 0.25) is 5.91 Å². The Balaban J connectivity index is 1.63. The zero-order chi connectivity index (χ0) is 24.7. The lowest BCUT2D eigenvalue weighted by Crippen LogP contribution is -2.41. The van der Waals surface area contributed by atoms with Crippen molar-refractivity contribution < 1.29 is 24.2 Å². The zero-order valence-electron chi connectivity index (χ0n) is 19.0. The summed E-state index contributed by atoms with van der Waals surface area (Å²) < 4.78 is 5.15. The van der Waals surface area contributed by atoms with Crippen molar-refractivity contribution in [3.8, 4) is 0 Å². The molecule has 1 fully saturated rings. The van der Waals surface area contributed by atoms with Crippen LogP contribution in [0.5, 0.6) is 0 Å². The number of nitrogens with zero attached hydrogens (tertiary/aromatic N) is 2. The van der Waals surface area contributed by atoms with Crippen LogP contribution < -0.4 is 20.9 Å². The van der Waals surface area contributed by atoms with Crippen molar-refractivity contribution in [3.63, 3.8) is 0 Å². The average Bonchev–Trinajstić information content (AvgIpc) is 2.83. The van der Waals surface area contributed by atoms with Gasteiger partial charge in [0.15, 0.2) is 0 Å². The number of amides is 3. The number of hydrogen-bond acceptors (Lipinski definition) is 6. The number of nitrogen functional groups attached to an aromatic ring is 1. The fraction of sp³-hybridized carbons (Fsp3) is 0.333. The number of ether oxygens (including phenoxy) is 1. The van der Waals surface area contributed by atoms with Crippen molar-refractivity contribution in [1.29, 1.82) is 5.41 Å². The molecule has 2 aromatic carbocycles. The maximum absolute atomic E-state index is 12.9. The molecule has 0 saturated carbocycles. The van der Waals surface area contributed by atoms with E-state index < -0.39 is 17.9 Å². The molecule has 0 aromatic heterocycles. The van der Waals surface area contributed by atoms with Crippen LogP contribution >= 0.6 is 0 Å². The molecule has 180 valence electrons. The van der Waals surface area contributed by atoms with Crippen LogP contribution in [-0.2, 0) is 19.1 Å². The van der Waals surface area contributed by atoms with E-state index in [0.717, 1.165) is 5.69 Å². The van der Waals surface area contributed by atoms with E-state index in [4.69, 9.17) is 15.9 Å². The van der Waals surface area contributed by atoms with Gasteiger partial charge in [0.05, 0.1) is 13.0 Å². The van der Waals surface area contributed by atoms with Crippen LogP contribution in [0.15, 0.2) is 48.5 Å². The van der Waals surface area contributed by atoms with Crippen molar-refractivity contribution >= 4 is 40.6 Å². The molecule has 1 atom stereocenters. The summed E-state index contributed by atoms with van der Waals surface area (Å²) in [5.74, 6) is -1.32. The molecule has 1 aliphatic rings. The number of morpholine rings is 1. The number of aliphatic hydroxyl groups is 1. The number of carbonyl (C=O) groups excluding carboxylic acids is 3. The van der Waals surface area contributed by atoms with Gasteiger partial charge in [-0.2, -0.15) is 0 Å². The molecule has 1 saturated heterocycles. The summed E-state index contributed by atoms with van der Waals surface area (Å²) in [6.07, 6.45) is -1.24. The van der Waals surface area contributed by atoms with Gasteiger partial charge in [-0.3, -0.25) is 19.8 Å². The standard InChI is InChI=1S/C24H29N5O5/c1-2-11-28(18-7-9-19(10-8-18)29-12-13-34-15-22(29)32)21(31)14-20(30)24(33)27-17-5-3-16(4-6-17)23(25)26/h3-10,20,30H,2,11-15H2,1H3,(H3,25,26)(H,27,33). The van der Waals surface area contributed by atoms with Crippen LogP contribution in [0.2, 0.25) is 0 Å². The van der Waals surface area contributed by atoms with E-state index in [1.807, 2.05) is 6.92 Å². The van der Waals surface area contributed by atoms with Crippen molar-refractivity contribution in [2.75, 3.05) is 41.4 Å². The highest BCUT2D eigenvalue weighted by atomic mass is 16.5. The third kappa shape index (κ3) is 6.18. The Morgan fingerprint density at radius 3 is 2.47 bits per heavy atom. The number of benzene rings is 2. The molecular weight excluding hydrogens is 438 g/mol. The molecular formula is C24H29N5O5. The summed E-state index contributed by atoms with van der Waals surface area (Å²) in [7, 11) is 0. The minimum absolute atomic E-state index is 0.0447. The predicted octanol–water partition coefficient (Wildman–Crippen LogP) is 1.47. The van der Waals surface area contributed by atoms with Crippen molar-refractivity contribution in [2.45, 2.75) is 25.9 Å². The Hall–Kier alpha value is -3.76. The van der Waals surface area contributed by atoms with Gasteiger partial charge in [-0.15, -0.1) is 0 Å². The van der Waals surface area contributed by atoms with Crippen LogP contribution in [0.4, 0.5) is 17.1 Å². The molecule has 1 unspecified atom stereocenters. The summed E-state index contributed by atoms with van der Waals surface area (Å²) in [6, 6.07) is 13.3. The third-order valence-corrected chi connectivity index (χ3v) is 5.34. The van der Waals surface area contributed by atoms with Crippen molar-refractivity contribution in [3.05, 3.63) is 54.1 Å². The Morgan fingerprint density at radius 2 is 1.88 bits per heavy atom. The maximum atomic E-state index is 12.9. The minimum atomic E-state index is -1.54. The third-order valence-electron chi connectivity index (χ3n) is 5.34. The smallest absolute Gasteiger partial charge is 0.253 e. The van der Waals surface area contributed by atoms with Gasteiger partial charge in [-0.1, -0.05) is 6.92 Å². The van der Waals surface area contributed by atoms with E-state index in [2.05, 4.69) is 5.32 Å². The van der Waals surface area contributed by atoms with E-state index in [1.165, 1.54) is 4.90 Å². The Kier molecular flexibility index (Phi) is 8.34. The van der Waals surface area contributed by atoms with Gasteiger partial charge in [0.25, 0.3) is 11.8 Å². The van der Waals surface area contributed by atoms with Crippen LogP contribution in [0.3, 0.4) is 0 Å². The molecule has 34 heavy (non-hydrogen) atoms. The molecule has 0 aliphatic carbocycles. The average molecular weight is 468 g/mol. The lowest BCUT2D eigenvalue weighted by molar-refractivity contribution is -0.129. The quantitative estimate of drug-likeness (QED) is 0.324. The number of nitrogens with one attached hydrogen (secondary N) is 2. The minimum Gasteiger partial charge on any atom is -0.384 e. The molecule has 5 N–H and O–H groups in total. The van der Waals surface area contributed by atoms with Crippen LogP contribution in [0.1, 0.15) is 25.3 Å². The highest BCUT2D eigenvalue weighted by Gasteiger charge is 2.25. The molecule has 0 radical (unpaired) electrons. The molecule has 10 nitrogen and oxygen atoms in total. The molecule has 2 aromatic rings. The van der Waals surface area contributed by atoms with Gasteiger partial charge in [0.1, 0.15) is 18.5 Å². The molecule has 0 spiro atoms. The van der Waals surface area contributed by atoms with Crippen LogP contribution in [0.25, 0.3) is 0 Å². The lowest BCUT2D eigenvalue weighted by atomic mass is 10.1. The van der Waals surface area contributed by atoms with E-state index in [-0.39, 0.29) is 24.8 Å². The summed E-state index contributed by atoms with van der Waals surface area (Å²) in [6.45, 7) is 3.32. The van der Waals surface area contributed by atoms with E-state index in [0.29, 0.717) is 43.1 Å². The maximum Gasteiger partial charge on any atom is 0.253 e. The van der Waals surface area contributed by atoms with E-state index in [1.54, 1.807) is 53.4 Å². The highest BCUT2D eigenvalue weighted by Crippen LogP contribution is 2.23. The van der Waals surface area contributed by atoms with Crippen LogP contribution in [-0.4, -0.2) is 61.1 Å². The number of rotatable bonds is 9. The summed E-state index contributed by atoms with van der Waals surface area (Å²) >= 11 is 0. The van der Waals surface area contributed by atoms with E-state index in [9.17, 15) is 19.5 Å². The summed E-state index contributed by atoms with van der Waals surface area (Å²) in [5, 5.41) is 20.3. The second-order valence-corrected chi connectivity index (χ2v) is 7.86. The van der Waals surface area contributed by atoms with Crippen molar-refractivity contribution in [1.82, 2.24) is 0 Å². The Morgan fingerprint density at radius 1 is 1.21 bits per heavy atom. The second kappa shape index (κ2) is 11.4. The molecule has 0 bridgehead atoms. The van der Waals surface area contributed by atoms with Gasteiger partial charge >= 0.3 is 0 Å². The van der Waals surface area contributed by atoms with E-state index >= 15 is 0 Å². The van der Waals surface area contributed by atoms with Gasteiger partial charge < -0.3 is 30.7 Å². The lowest BCUT2D eigenvalue weighted by Gasteiger charge is -2.28. The number of anilines is 3. The summed E-state index contributed by atoms with van der Waals surface area (Å²) in [4.78, 5) is 40.5. The van der Waals surface area contributed by atoms with Gasteiger partial charge in [-0.05, 0) is 55.0 Å². The molecule has 3 amide bonds. The first kappa shape index (κ1) is 24.9. The molecule has 1 heterocycles. The monoisotopic (exact) mass is 467 g/mol. The zero-order valence-corrected chi connectivity index (χ0v) is 19.0. The fourth-order valence-electron chi connectivity index (χ4n) is 3.55. The van der Waals surface area contributed by atoms with Crippen molar-refractivity contribution in [2.24, 2.45) is 5.73 Å². The fourth-order valence-corrected chi connectivity index (χ4v) is 3.55. The molecule has 1 aliphatic heterocycles. The molecule has 10 heteroatoms. The Bertz CT molecular complexity index is 1040. The topological polar surface area (TPSA) is 149 Å². The normalized spacial score (nSPS) is 14.4. The number of hydrogen-bond donors (Lipinski definition) is 4. The first-order chi connectivity index (χ1) is 16.3. The number of nitrogens with two attached hydrogens (primary N) is 1. The number of carbonyl (C=O) groups is 3. The summed E-state index contributed by atoms with van der Waals surface area (Å²) in [5.41, 5.74) is 7.67. The van der Waals surface area contributed by atoms with Gasteiger partial charge in [0, 0.05) is 35.7 Å². The first-order valence-electron chi connectivity index (χ1n) is 11.0. The van der Waals surface area contributed by atoms with Gasteiger partial charge in [-0.25, -0.2) is 0 Å². The first-order valence-corrected chi connectivity index (χ1v) is 11.0. The Labute approximate surface area is 197 Å². The highest BCUT2D eigenvalue weighted by molar-refractivity contribution is 6.01. The number of amidine groups is 1. The predicted molar refractivity (Wildman–Crippen MR) is 129 cm³/mol.